The topological polar surface area (TPSA) is 26.3 Å². The molecule has 0 radical (unpaired) electrons. The van der Waals surface area contributed by atoms with E-state index in [0.29, 0.717) is 0 Å². The number of ether oxygens (including phenoxy) is 1. The van der Waals surface area contributed by atoms with Crippen LogP contribution in [-0.2, 0) is 0 Å². The molecule has 0 saturated carbocycles. The molecule has 0 N–H and O–H groups in total. The molecular formula is C19H20O2Si. The SMILES string of the molecule is COc1ccc(C2=C([Si](C)(C)C)c3ccccc3C2=O)cc1. The minimum atomic E-state index is -1.66. The zero-order chi connectivity index (χ0) is 15.9. The number of ketones is 1. The molecule has 2 aromatic rings. The summed E-state index contributed by atoms with van der Waals surface area (Å²) < 4.78 is 5.22. The van der Waals surface area contributed by atoms with Crippen molar-refractivity contribution in [2.24, 2.45) is 0 Å². The lowest BCUT2D eigenvalue weighted by molar-refractivity contribution is 0.105. The fourth-order valence-electron chi connectivity index (χ4n) is 3.09. The van der Waals surface area contributed by atoms with Gasteiger partial charge in [0.1, 0.15) is 5.75 Å². The first kappa shape index (κ1) is 14.8. The predicted molar refractivity (Wildman–Crippen MR) is 93.9 cm³/mol. The molecule has 2 aromatic carbocycles. The Balaban J connectivity index is 2.24. The number of rotatable bonds is 3. The van der Waals surface area contributed by atoms with Gasteiger partial charge in [0.15, 0.2) is 5.78 Å². The first-order valence-electron chi connectivity index (χ1n) is 7.47. The highest BCUT2D eigenvalue weighted by Crippen LogP contribution is 2.43. The molecule has 0 fully saturated rings. The quantitative estimate of drug-likeness (QED) is 0.770. The summed E-state index contributed by atoms with van der Waals surface area (Å²) in [5.41, 5.74) is 3.82. The zero-order valence-electron chi connectivity index (χ0n) is 13.4. The number of fused-ring (bicyclic) bond motifs is 1. The molecule has 3 heteroatoms. The molecule has 112 valence electrons. The van der Waals surface area contributed by atoms with Gasteiger partial charge in [-0.2, -0.15) is 0 Å². The summed E-state index contributed by atoms with van der Waals surface area (Å²) in [4.78, 5) is 12.9. The van der Waals surface area contributed by atoms with E-state index in [2.05, 4.69) is 25.7 Å². The monoisotopic (exact) mass is 308 g/mol. The Morgan fingerprint density at radius 1 is 0.864 bits per heavy atom. The maximum Gasteiger partial charge on any atom is 0.194 e. The van der Waals surface area contributed by atoms with Gasteiger partial charge in [0.2, 0.25) is 0 Å². The van der Waals surface area contributed by atoms with Gasteiger partial charge in [0.25, 0.3) is 0 Å². The average molecular weight is 308 g/mol. The zero-order valence-corrected chi connectivity index (χ0v) is 14.4. The number of hydrogen-bond donors (Lipinski definition) is 0. The Bertz CT molecular complexity index is 765. The van der Waals surface area contributed by atoms with Crippen LogP contribution in [0.5, 0.6) is 5.75 Å². The molecule has 22 heavy (non-hydrogen) atoms. The van der Waals surface area contributed by atoms with Crippen molar-refractivity contribution in [1.29, 1.82) is 0 Å². The van der Waals surface area contributed by atoms with Gasteiger partial charge in [-0.05, 0) is 28.5 Å². The number of benzene rings is 2. The van der Waals surface area contributed by atoms with Crippen LogP contribution >= 0.6 is 0 Å². The highest BCUT2D eigenvalue weighted by atomic mass is 28.3. The van der Waals surface area contributed by atoms with E-state index in [9.17, 15) is 4.79 Å². The molecule has 1 aliphatic carbocycles. The summed E-state index contributed by atoms with van der Waals surface area (Å²) in [5.74, 6) is 0.958. The largest absolute Gasteiger partial charge is 0.497 e. The number of carbonyl (C=O) groups excluding carboxylic acids is 1. The Kier molecular flexibility index (Phi) is 3.53. The molecule has 0 amide bonds. The Morgan fingerprint density at radius 3 is 2.00 bits per heavy atom. The van der Waals surface area contributed by atoms with E-state index in [0.717, 1.165) is 28.0 Å². The van der Waals surface area contributed by atoms with Crippen molar-refractivity contribution in [3.8, 4) is 5.75 Å². The second-order valence-corrected chi connectivity index (χ2v) is 11.6. The second-order valence-electron chi connectivity index (χ2n) is 6.60. The van der Waals surface area contributed by atoms with Crippen LogP contribution < -0.4 is 4.74 Å². The van der Waals surface area contributed by atoms with Gasteiger partial charge in [-0.15, -0.1) is 0 Å². The van der Waals surface area contributed by atoms with Crippen LogP contribution in [0.1, 0.15) is 21.5 Å². The normalized spacial score (nSPS) is 14.3. The van der Waals surface area contributed by atoms with Gasteiger partial charge in [-0.3, -0.25) is 4.79 Å². The van der Waals surface area contributed by atoms with Crippen LogP contribution in [-0.4, -0.2) is 21.0 Å². The number of methoxy groups -OCH3 is 1. The molecule has 3 rings (SSSR count). The van der Waals surface area contributed by atoms with E-state index in [1.165, 1.54) is 5.20 Å². The minimum absolute atomic E-state index is 0.151. The van der Waals surface area contributed by atoms with Crippen molar-refractivity contribution in [2.75, 3.05) is 7.11 Å². The van der Waals surface area contributed by atoms with Crippen LogP contribution in [0.25, 0.3) is 10.8 Å². The fourth-order valence-corrected chi connectivity index (χ4v) is 5.13. The highest BCUT2D eigenvalue weighted by molar-refractivity contribution is 6.96. The lowest BCUT2D eigenvalue weighted by Gasteiger charge is -2.21. The fraction of sp³-hybridized carbons (Fsp3) is 0.211. The van der Waals surface area contributed by atoms with Crippen LogP contribution in [0.3, 0.4) is 0 Å². The third-order valence-corrected chi connectivity index (χ3v) is 6.07. The summed E-state index contributed by atoms with van der Waals surface area (Å²) in [5, 5.41) is 1.26. The van der Waals surface area contributed by atoms with Crippen LogP contribution in [0.4, 0.5) is 0 Å². The number of carbonyl (C=O) groups is 1. The van der Waals surface area contributed by atoms with E-state index >= 15 is 0 Å². The smallest absolute Gasteiger partial charge is 0.194 e. The summed E-state index contributed by atoms with van der Waals surface area (Å²) in [6.45, 7) is 6.88. The first-order valence-corrected chi connectivity index (χ1v) is 11.0. The van der Waals surface area contributed by atoms with Crippen molar-refractivity contribution in [2.45, 2.75) is 19.6 Å². The predicted octanol–water partition coefficient (Wildman–Crippen LogP) is 4.68. The molecule has 0 saturated heterocycles. The van der Waals surface area contributed by atoms with E-state index in [1.54, 1.807) is 7.11 Å². The third kappa shape index (κ3) is 2.31. The van der Waals surface area contributed by atoms with Crippen molar-refractivity contribution < 1.29 is 9.53 Å². The van der Waals surface area contributed by atoms with Crippen molar-refractivity contribution in [3.63, 3.8) is 0 Å². The van der Waals surface area contributed by atoms with Gasteiger partial charge in [0, 0.05) is 11.1 Å². The van der Waals surface area contributed by atoms with Gasteiger partial charge < -0.3 is 4.74 Å². The summed E-state index contributed by atoms with van der Waals surface area (Å²) in [7, 11) is -0.00628. The molecule has 0 atom stereocenters. The van der Waals surface area contributed by atoms with Crippen LogP contribution in [0.2, 0.25) is 19.6 Å². The molecule has 0 aliphatic heterocycles. The highest BCUT2D eigenvalue weighted by Gasteiger charge is 2.36. The van der Waals surface area contributed by atoms with Crippen molar-refractivity contribution >= 4 is 24.6 Å². The van der Waals surface area contributed by atoms with Gasteiger partial charge in [0.05, 0.1) is 15.2 Å². The van der Waals surface area contributed by atoms with Crippen molar-refractivity contribution in [1.82, 2.24) is 0 Å². The first-order chi connectivity index (χ1) is 10.4. The second kappa shape index (κ2) is 5.25. The molecular weight excluding hydrogens is 288 g/mol. The van der Waals surface area contributed by atoms with Gasteiger partial charge >= 0.3 is 0 Å². The minimum Gasteiger partial charge on any atom is -0.497 e. The van der Waals surface area contributed by atoms with Crippen LogP contribution in [0.15, 0.2) is 48.5 Å². The summed E-state index contributed by atoms with van der Waals surface area (Å²) >= 11 is 0. The molecule has 0 unspecified atom stereocenters. The third-order valence-electron chi connectivity index (χ3n) is 4.05. The molecule has 1 aliphatic rings. The van der Waals surface area contributed by atoms with Crippen molar-refractivity contribution in [3.05, 3.63) is 65.2 Å². The Hall–Kier alpha value is -2.13. The Labute approximate surface area is 132 Å². The molecule has 0 heterocycles. The molecule has 0 bridgehead atoms. The maximum atomic E-state index is 12.9. The van der Waals surface area contributed by atoms with Crippen LogP contribution in [0, 0.1) is 0 Å². The van der Waals surface area contributed by atoms with E-state index < -0.39 is 8.07 Å². The average Bonchev–Trinajstić information content (AvgIpc) is 2.81. The maximum absolute atomic E-state index is 12.9. The lowest BCUT2D eigenvalue weighted by atomic mass is 10.0. The standard InChI is InChI=1S/C19H20O2Si/c1-21-14-11-9-13(10-12-14)17-18(20)15-7-5-6-8-16(15)19(17)22(2,3)4/h5-12H,1-4H3. The summed E-state index contributed by atoms with van der Waals surface area (Å²) in [6, 6.07) is 15.8. The molecule has 0 spiro atoms. The van der Waals surface area contributed by atoms with E-state index in [1.807, 2.05) is 42.5 Å². The Morgan fingerprint density at radius 2 is 1.45 bits per heavy atom. The number of allylic oxidation sites excluding steroid dienone is 1. The lowest BCUT2D eigenvalue weighted by Crippen LogP contribution is -2.23. The van der Waals surface area contributed by atoms with E-state index in [4.69, 9.17) is 4.74 Å². The van der Waals surface area contributed by atoms with Gasteiger partial charge in [-0.25, -0.2) is 0 Å². The molecule has 0 aromatic heterocycles. The number of Topliss-reactive ketones (excluding diaryl/α,β-unsaturated/α-hetero) is 1. The summed E-state index contributed by atoms with van der Waals surface area (Å²) in [6.07, 6.45) is 0. The van der Waals surface area contributed by atoms with E-state index in [-0.39, 0.29) is 5.78 Å². The number of hydrogen-bond acceptors (Lipinski definition) is 2. The molecule has 2 nitrogen and oxygen atoms in total. The van der Waals surface area contributed by atoms with Gasteiger partial charge in [-0.1, -0.05) is 56.0 Å².